The minimum Gasteiger partial charge on any atom is -0.479 e. The molecule has 0 radical (unpaired) electrons. The Morgan fingerprint density at radius 1 is 1.14 bits per heavy atom. The number of halogens is 2. The molecule has 0 spiro atoms. The summed E-state index contributed by atoms with van der Waals surface area (Å²) in [6, 6.07) is 11.3. The number of rotatable bonds is 6. The Morgan fingerprint density at radius 2 is 1.86 bits per heavy atom. The number of ether oxygens (including phenoxy) is 1. The molecular formula is C20H17Cl2N3O3. The van der Waals surface area contributed by atoms with Crippen LogP contribution in [0.15, 0.2) is 54.9 Å². The van der Waals surface area contributed by atoms with E-state index in [9.17, 15) is 9.59 Å². The van der Waals surface area contributed by atoms with Crippen LogP contribution in [0.25, 0.3) is 0 Å². The number of carbonyl (C=O) groups excluding carboxylic acids is 2. The molecule has 1 amide bonds. The molecule has 1 heterocycles. The first-order valence-corrected chi connectivity index (χ1v) is 9.15. The van der Waals surface area contributed by atoms with Gasteiger partial charge in [-0.05, 0) is 49.4 Å². The van der Waals surface area contributed by atoms with Crippen molar-refractivity contribution in [2.24, 2.45) is 7.05 Å². The molecule has 3 rings (SSSR count). The molecule has 0 bridgehead atoms. The van der Waals surface area contributed by atoms with E-state index >= 15 is 0 Å². The average molecular weight is 418 g/mol. The van der Waals surface area contributed by atoms with E-state index in [4.69, 9.17) is 27.9 Å². The first-order valence-electron chi connectivity index (χ1n) is 8.40. The lowest BCUT2D eigenvalue weighted by Gasteiger charge is -2.16. The van der Waals surface area contributed by atoms with Gasteiger partial charge < -0.3 is 14.6 Å². The number of carbonyl (C=O) groups is 2. The van der Waals surface area contributed by atoms with Crippen LogP contribution in [0.2, 0.25) is 10.0 Å². The third kappa shape index (κ3) is 4.52. The Hall–Kier alpha value is -2.83. The maximum absolute atomic E-state index is 12.4. The molecule has 1 aromatic heterocycles. The zero-order valence-corrected chi connectivity index (χ0v) is 16.7. The third-order valence-corrected chi connectivity index (χ3v) is 4.54. The van der Waals surface area contributed by atoms with Crippen LogP contribution in [-0.2, 0) is 11.8 Å². The molecule has 0 fully saturated rings. The van der Waals surface area contributed by atoms with Crippen LogP contribution < -0.4 is 10.1 Å². The molecule has 0 unspecified atom stereocenters. The van der Waals surface area contributed by atoms with E-state index in [0.29, 0.717) is 32.9 Å². The lowest BCUT2D eigenvalue weighted by Crippen LogP contribution is -2.30. The highest BCUT2D eigenvalue weighted by Gasteiger charge is 2.17. The molecule has 8 heteroatoms. The van der Waals surface area contributed by atoms with E-state index in [1.54, 1.807) is 73.4 Å². The number of hydrogen-bond donors (Lipinski definition) is 1. The van der Waals surface area contributed by atoms with Gasteiger partial charge >= 0.3 is 0 Å². The quantitative estimate of drug-likeness (QED) is 0.604. The highest BCUT2D eigenvalue weighted by atomic mass is 35.5. The molecule has 2 aromatic carbocycles. The lowest BCUT2D eigenvalue weighted by molar-refractivity contribution is -0.122. The maximum Gasteiger partial charge on any atom is 0.265 e. The fourth-order valence-corrected chi connectivity index (χ4v) is 2.93. The van der Waals surface area contributed by atoms with E-state index in [-0.39, 0.29) is 11.7 Å². The Balaban J connectivity index is 1.64. The first-order chi connectivity index (χ1) is 13.3. The Morgan fingerprint density at radius 3 is 2.46 bits per heavy atom. The Bertz CT molecular complexity index is 1020. The topological polar surface area (TPSA) is 73.2 Å². The van der Waals surface area contributed by atoms with E-state index in [2.05, 4.69) is 10.3 Å². The van der Waals surface area contributed by atoms with Crippen LogP contribution in [0.3, 0.4) is 0 Å². The van der Waals surface area contributed by atoms with Crippen LogP contribution in [-0.4, -0.2) is 27.3 Å². The monoisotopic (exact) mass is 417 g/mol. The van der Waals surface area contributed by atoms with E-state index < -0.39 is 6.10 Å². The molecule has 0 aliphatic heterocycles. The van der Waals surface area contributed by atoms with Crippen LogP contribution in [0, 0.1) is 0 Å². The van der Waals surface area contributed by atoms with Crippen molar-refractivity contribution in [3.05, 3.63) is 76.3 Å². The number of imidazole rings is 1. The van der Waals surface area contributed by atoms with Crippen LogP contribution in [0.5, 0.6) is 5.75 Å². The fraction of sp³-hybridized carbons (Fsp3) is 0.150. The van der Waals surface area contributed by atoms with Gasteiger partial charge in [0.15, 0.2) is 11.9 Å². The van der Waals surface area contributed by atoms with E-state index in [1.165, 1.54) is 0 Å². The molecule has 28 heavy (non-hydrogen) atoms. The number of hydrogen-bond acceptors (Lipinski definition) is 4. The van der Waals surface area contributed by atoms with Gasteiger partial charge in [-0.1, -0.05) is 23.2 Å². The Labute approximate surface area is 172 Å². The van der Waals surface area contributed by atoms with Crippen LogP contribution in [0.4, 0.5) is 5.69 Å². The molecule has 0 aliphatic rings. The average Bonchev–Trinajstić information content (AvgIpc) is 3.10. The van der Waals surface area contributed by atoms with Crippen LogP contribution >= 0.6 is 23.2 Å². The second kappa shape index (κ2) is 8.46. The summed E-state index contributed by atoms with van der Waals surface area (Å²) >= 11 is 11.9. The zero-order valence-electron chi connectivity index (χ0n) is 15.1. The van der Waals surface area contributed by atoms with Gasteiger partial charge in [0.2, 0.25) is 5.78 Å². The standard InChI is InChI=1S/C20H17Cl2N3O3/c1-12(28-17-8-5-14(21)11-16(17)22)20(27)24-15-6-3-13(4-7-15)18(26)19-23-9-10-25(19)2/h3-12H,1-2H3,(H,24,27)/t12-/m0/s1. The summed E-state index contributed by atoms with van der Waals surface area (Å²) in [5.74, 6) is 0.164. The maximum atomic E-state index is 12.4. The normalized spacial score (nSPS) is 11.7. The van der Waals surface area contributed by atoms with Crippen molar-refractivity contribution >= 4 is 40.6 Å². The van der Waals surface area contributed by atoms with Crippen LogP contribution in [0.1, 0.15) is 23.1 Å². The van der Waals surface area contributed by atoms with Gasteiger partial charge in [0.05, 0.1) is 5.02 Å². The lowest BCUT2D eigenvalue weighted by atomic mass is 10.1. The summed E-state index contributed by atoms with van der Waals surface area (Å²) in [4.78, 5) is 28.8. The van der Waals surface area contributed by atoms with Gasteiger partial charge in [-0.25, -0.2) is 4.98 Å². The van der Waals surface area contributed by atoms with Gasteiger partial charge in [-0.3, -0.25) is 9.59 Å². The summed E-state index contributed by atoms with van der Waals surface area (Å²) in [6.07, 6.45) is 2.49. The van der Waals surface area contributed by atoms with Crippen molar-refractivity contribution in [2.75, 3.05) is 5.32 Å². The highest BCUT2D eigenvalue weighted by molar-refractivity contribution is 6.35. The number of aryl methyl sites for hydroxylation is 1. The van der Waals surface area contributed by atoms with Crippen molar-refractivity contribution in [1.29, 1.82) is 0 Å². The summed E-state index contributed by atoms with van der Waals surface area (Å²) < 4.78 is 7.24. The molecule has 0 saturated heterocycles. The number of aromatic nitrogens is 2. The molecule has 144 valence electrons. The summed E-state index contributed by atoms with van der Waals surface area (Å²) in [7, 11) is 1.75. The minimum absolute atomic E-state index is 0.195. The smallest absolute Gasteiger partial charge is 0.265 e. The fourth-order valence-electron chi connectivity index (χ4n) is 2.48. The van der Waals surface area contributed by atoms with E-state index in [1.807, 2.05) is 0 Å². The number of anilines is 1. The highest BCUT2D eigenvalue weighted by Crippen LogP contribution is 2.28. The predicted molar refractivity (Wildman–Crippen MR) is 108 cm³/mol. The third-order valence-electron chi connectivity index (χ3n) is 4.01. The second-order valence-electron chi connectivity index (χ2n) is 6.09. The number of nitrogens with one attached hydrogen (secondary N) is 1. The molecule has 1 N–H and O–H groups in total. The molecule has 0 aliphatic carbocycles. The summed E-state index contributed by atoms with van der Waals surface area (Å²) in [6.45, 7) is 1.61. The first kappa shape index (κ1) is 19.9. The molecule has 3 aromatic rings. The molecule has 0 saturated carbocycles. The van der Waals surface area contributed by atoms with Gasteiger partial charge in [-0.15, -0.1) is 0 Å². The van der Waals surface area contributed by atoms with Gasteiger partial charge in [0.25, 0.3) is 5.91 Å². The second-order valence-corrected chi connectivity index (χ2v) is 6.94. The SMILES string of the molecule is C[C@H](Oc1ccc(Cl)cc1Cl)C(=O)Nc1ccc(C(=O)c2nccn2C)cc1. The number of nitrogens with zero attached hydrogens (tertiary/aromatic N) is 2. The summed E-state index contributed by atoms with van der Waals surface area (Å²) in [5, 5.41) is 3.54. The molecule has 1 atom stereocenters. The number of ketones is 1. The van der Waals surface area contributed by atoms with Crippen molar-refractivity contribution in [3.8, 4) is 5.75 Å². The molecule has 6 nitrogen and oxygen atoms in total. The predicted octanol–water partition coefficient (Wildman–Crippen LogP) is 4.36. The Kier molecular flexibility index (Phi) is 6.02. The van der Waals surface area contributed by atoms with Crippen molar-refractivity contribution < 1.29 is 14.3 Å². The van der Waals surface area contributed by atoms with Gasteiger partial charge in [0, 0.05) is 35.7 Å². The summed E-state index contributed by atoms with van der Waals surface area (Å²) in [5.41, 5.74) is 1.02. The van der Waals surface area contributed by atoms with Crippen molar-refractivity contribution in [1.82, 2.24) is 9.55 Å². The van der Waals surface area contributed by atoms with Gasteiger partial charge in [0.1, 0.15) is 5.75 Å². The van der Waals surface area contributed by atoms with Crippen molar-refractivity contribution in [2.45, 2.75) is 13.0 Å². The molecular weight excluding hydrogens is 401 g/mol. The zero-order chi connectivity index (χ0) is 20.3. The number of benzene rings is 2. The number of amides is 1. The van der Waals surface area contributed by atoms with E-state index in [0.717, 1.165) is 0 Å². The largest absolute Gasteiger partial charge is 0.479 e. The van der Waals surface area contributed by atoms with Gasteiger partial charge in [-0.2, -0.15) is 0 Å². The van der Waals surface area contributed by atoms with Crippen molar-refractivity contribution in [3.63, 3.8) is 0 Å². The minimum atomic E-state index is -0.785.